The number of rotatable bonds is 5. The van der Waals surface area contributed by atoms with E-state index in [1.54, 1.807) is 18.5 Å². The van der Waals surface area contributed by atoms with E-state index in [9.17, 15) is 0 Å². The van der Waals surface area contributed by atoms with Gasteiger partial charge in [-0.3, -0.25) is 4.90 Å². The molecule has 0 bridgehead atoms. The van der Waals surface area contributed by atoms with Gasteiger partial charge in [0.05, 0.1) is 24.4 Å². The standard InChI is InChI=1S/C22H23N9O/c23-22-26-20-17(21-25-19(27-31(21)22)18-7-4-14-32-18)15-24-30(20)13-10-28-8-11-29(12-9-28)16-5-2-1-3-6-16/h1-7,14-15H,8-13H2,(H2,23,26). The first-order valence-corrected chi connectivity index (χ1v) is 10.7. The Morgan fingerprint density at radius 2 is 1.75 bits per heavy atom. The predicted molar refractivity (Wildman–Crippen MR) is 121 cm³/mol. The largest absolute Gasteiger partial charge is 0.461 e. The molecule has 6 rings (SSSR count). The van der Waals surface area contributed by atoms with Gasteiger partial charge in [-0.25, -0.2) is 9.67 Å². The Kier molecular flexibility index (Phi) is 4.50. The Balaban J connectivity index is 1.19. The van der Waals surface area contributed by atoms with Gasteiger partial charge in [0.2, 0.25) is 11.8 Å². The Labute approximate surface area is 183 Å². The highest BCUT2D eigenvalue weighted by atomic mass is 16.3. The molecule has 1 saturated heterocycles. The number of fused-ring (bicyclic) bond motifs is 3. The number of hydrogen-bond donors (Lipinski definition) is 1. The van der Waals surface area contributed by atoms with E-state index >= 15 is 0 Å². The van der Waals surface area contributed by atoms with Crippen LogP contribution in [0.5, 0.6) is 0 Å². The summed E-state index contributed by atoms with van der Waals surface area (Å²) in [5.74, 6) is 1.33. The number of nitrogens with two attached hydrogens (primary N) is 1. The van der Waals surface area contributed by atoms with Crippen LogP contribution in [0.4, 0.5) is 11.6 Å². The quantitative estimate of drug-likeness (QED) is 0.453. The fourth-order valence-corrected chi connectivity index (χ4v) is 4.24. The van der Waals surface area contributed by atoms with E-state index in [0.717, 1.165) is 50.3 Å². The second-order valence-corrected chi connectivity index (χ2v) is 7.89. The summed E-state index contributed by atoms with van der Waals surface area (Å²) in [6, 6.07) is 14.2. The van der Waals surface area contributed by atoms with Gasteiger partial charge < -0.3 is 15.1 Å². The number of aromatic nitrogens is 6. The highest BCUT2D eigenvalue weighted by Crippen LogP contribution is 2.23. The van der Waals surface area contributed by atoms with Crippen LogP contribution in [0.1, 0.15) is 0 Å². The molecular weight excluding hydrogens is 406 g/mol. The van der Waals surface area contributed by atoms with Crippen molar-refractivity contribution in [3.8, 4) is 11.6 Å². The first-order valence-electron chi connectivity index (χ1n) is 10.7. The molecule has 0 radical (unpaired) electrons. The molecule has 1 aliphatic rings. The lowest BCUT2D eigenvalue weighted by Crippen LogP contribution is -2.47. The van der Waals surface area contributed by atoms with Gasteiger partial charge in [0, 0.05) is 38.4 Å². The van der Waals surface area contributed by atoms with Crippen molar-refractivity contribution in [3.05, 3.63) is 54.9 Å². The third-order valence-corrected chi connectivity index (χ3v) is 5.96. The lowest BCUT2D eigenvalue weighted by atomic mass is 10.2. The van der Waals surface area contributed by atoms with E-state index in [1.165, 1.54) is 10.2 Å². The van der Waals surface area contributed by atoms with Crippen LogP contribution in [-0.4, -0.2) is 67.0 Å². The summed E-state index contributed by atoms with van der Waals surface area (Å²) in [6.07, 6.45) is 3.38. The molecule has 1 aliphatic heterocycles. The number of para-hydroxylation sites is 1. The molecule has 5 heterocycles. The highest BCUT2D eigenvalue weighted by Gasteiger charge is 2.20. The molecule has 1 fully saturated rings. The van der Waals surface area contributed by atoms with Crippen LogP contribution in [0.15, 0.2) is 59.3 Å². The van der Waals surface area contributed by atoms with Gasteiger partial charge in [0.15, 0.2) is 17.1 Å². The van der Waals surface area contributed by atoms with Gasteiger partial charge in [-0.1, -0.05) is 18.2 Å². The molecular formula is C22H23N9O. The zero-order chi connectivity index (χ0) is 21.5. The lowest BCUT2D eigenvalue weighted by Gasteiger charge is -2.36. The van der Waals surface area contributed by atoms with Crippen molar-refractivity contribution in [3.63, 3.8) is 0 Å². The van der Waals surface area contributed by atoms with Gasteiger partial charge >= 0.3 is 0 Å². The Bertz CT molecular complexity index is 1350. The fourth-order valence-electron chi connectivity index (χ4n) is 4.24. The first-order chi connectivity index (χ1) is 15.8. The lowest BCUT2D eigenvalue weighted by molar-refractivity contribution is 0.245. The first kappa shape index (κ1) is 18.8. The van der Waals surface area contributed by atoms with E-state index in [4.69, 9.17) is 10.2 Å². The molecule has 0 unspecified atom stereocenters. The molecule has 0 atom stereocenters. The summed E-state index contributed by atoms with van der Waals surface area (Å²) in [7, 11) is 0. The zero-order valence-corrected chi connectivity index (χ0v) is 17.5. The molecule has 32 heavy (non-hydrogen) atoms. The topological polar surface area (TPSA) is 107 Å². The highest BCUT2D eigenvalue weighted by molar-refractivity contribution is 5.90. The van der Waals surface area contributed by atoms with Crippen LogP contribution in [-0.2, 0) is 6.54 Å². The van der Waals surface area contributed by atoms with Gasteiger partial charge in [-0.15, -0.1) is 5.10 Å². The third-order valence-electron chi connectivity index (χ3n) is 5.96. The van der Waals surface area contributed by atoms with Crippen LogP contribution in [0.3, 0.4) is 0 Å². The SMILES string of the molecule is Nc1nc2c(cnn2CCN2CCN(c3ccccc3)CC2)c2nc(-c3ccco3)nn12. The maximum Gasteiger partial charge on any atom is 0.225 e. The van der Waals surface area contributed by atoms with E-state index in [-0.39, 0.29) is 5.95 Å². The molecule has 162 valence electrons. The van der Waals surface area contributed by atoms with Crippen molar-refractivity contribution in [2.75, 3.05) is 43.4 Å². The molecule has 10 nitrogen and oxygen atoms in total. The molecule has 2 N–H and O–H groups in total. The summed E-state index contributed by atoms with van der Waals surface area (Å²) < 4.78 is 8.85. The number of hydrogen-bond acceptors (Lipinski definition) is 8. The molecule has 5 aromatic rings. The molecule has 0 spiro atoms. The van der Waals surface area contributed by atoms with Crippen LogP contribution in [0, 0.1) is 0 Å². The average Bonchev–Trinajstić information content (AvgIpc) is 3.58. The summed E-state index contributed by atoms with van der Waals surface area (Å²) in [5, 5.41) is 9.82. The minimum absolute atomic E-state index is 0.274. The molecule has 1 aromatic carbocycles. The monoisotopic (exact) mass is 429 g/mol. The van der Waals surface area contributed by atoms with Gasteiger partial charge in [0.1, 0.15) is 0 Å². The van der Waals surface area contributed by atoms with E-state index in [2.05, 4.69) is 60.3 Å². The van der Waals surface area contributed by atoms with Crippen molar-refractivity contribution >= 4 is 28.3 Å². The number of furan rings is 1. The average molecular weight is 429 g/mol. The van der Waals surface area contributed by atoms with Crippen molar-refractivity contribution in [1.82, 2.24) is 34.3 Å². The van der Waals surface area contributed by atoms with Gasteiger partial charge in [0.25, 0.3) is 0 Å². The number of piperazine rings is 1. The molecule has 10 heteroatoms. The smallest absolute Gasteiger partial charge is 0.225 e. The van der Waals surface area contributed by atoms with Crippen molar-refractivity contribution < 1.29 is 4.42 Å². The van der Waals surface area contributed by atoms with Crippen LogP contribution >= 0.6 is 0 Å². The Hall–Kier alpha value is -3.92. The Morgan fingerprint density at radius 3 is 2.53 bits per heavy atom. The third kappa shape index (κ3) is 3.25. The second kappa shape index (κ2) is 7.65. The maximum atomic E-state index is 6.19. The summed E-state index contributed by atoms with van der Waals surface area (Å²) in [6.45, 7) is 5.71. The Morgan fingerprint density at radius 1 is 0.906 bits per heavy atom. The minimum Gasteiger partial charge on any atom is -0.461 e. The summed E-state index contributed by atoms with van der Waals surface area (Å²) in [4.78, 5) is 14.1. The predicted octanol–water partition coefficient (Wildman–Crippen LogP) is 2.14. The normalized spacial score (nSPS) is 15.2. The van der Waals surface area contributed by atoms with E-state index in [1.807, 2.05) is 10.7 Å². The molecule has 4 aromatic heterocycles. The van der Waals surface area contributed by atoms with Crippen molar-refractivity contribution in [2.45, 2.75) is 6.54 Å². The zero-order valence-electron chi connectivity index (χ0n) is 17.5. The van der Waals surface area contributed by atoms with E-state index in [0.29, 0.717) is 17.2 Å². The maximum absolute atomic E-state index is 6.19. The van der Waals surface area contributed by atoms with Gasteiger partial charge in [-0.05, 0) is 24.3 Å². The second-order valence-electron chi connectivity index (χ2n) is 7.89. The van der Waals surface area contributed by atoms with Crippen LogP contribution in [0.2, 0.25) is 0 Å². The number of benzene rings is 1. The molecule has 0 saturated carbocycles. The summed E-state index contributed by atoms with van der Waals surface area (Å²) in [5.41, 5.74) is 8.82. The molecule has 0 amide bonds. The number of anilines is 2. The minimum atomic E-state index is 0.274. The number of nitrogen functional groups attached to an aromatic ring is 1. The van der Waals surface area contributed by atoms with Crippen molar-refractivity contribution in [2.24, 2.45) is 0 Å². The summed E-state index contributed by atoms with van der Waals surface area (Å²) >= 11 is 0. The van der Waals surface area contributed by atoms with E-state index < -0.39 is 0 Å². The molecule has 0 aliphatic carbocycles. The number of nitrogens with zero attached hydrogens (tertiary/aromatic N) is 8. The fraction of sp³-hybridized carbons (Fsp3) is 0.273. The van der Waals surface area contributed by atoms with Crippen molar-refractivity contribution in [1.29, 1.82) is 0 Å². The van der Waals surface area contributed by atoms with Crippen LogP contribution < -0.4 is 10.6 Å². The van der Waals surface area contributed by atoms with Crippen LogP contribution in [0.25, 0.3) is 28.3 Å². The van der Waals surface area contributed by atoms with Gasteiger partial charge in [-0.2, -0.15) is 14.6 Å².